The topological polar surface area (TPSA) is 64.3 Å². The summed E-state index contributed by atoms with van der Waals surface area (Å²) in [6.07, 6.45) is 1.11. The van der Waals surface area contributed by atoms with Crippen LogP contribution in [0.1, 0.15) is 48.0 Å². The van der Waals surface area contributed by atoms with E-state index in [9.17, 15) is 4.79 Å². The minimum atomic E-state index is -0.473. The molecule has 0 spiro atoms. The van der Waals surface area contributed by atoms with Gasteiger partial charge in [-0.15, -0.1) is 0 Å². The number of rotatable bonds is 4. The third-order valence-corrected chi connectivity index (χ3v) is 4.08. The molecule has 1 rings (SSSR count). The van der Waals surface area contributed by atoms with Gasteiger partial charge in [0.1, 0.15) is 0 Å². The van der Waals surface area contributed by atoms with Gasteiger partial charge in [-0.1, -0.05) is 34.6 Å². The van der Waals surface area contributed by atoms with Gasteiger partial charge in [0.2, 0.25) is 5.91 Å². The summed E-state index contributed by atoms with van der Waals surface area (Å²) in [5, 5.41) is 3.06. The molecule has 1 saturated carbocycles. The first kappa shape index (κ1) is 15.4. The van der Waals surface area contributed by atoms with Crippen LogP contribution in [0.4, 0.5) is 0 Å². The first-order valence-electron chi connectivity index (χ1n) is 6.78. The van der Waals surface area contributed by atoms with E-state index in [2.05, 4.69) is 19.2 Å². The van der Waals surface area contributed by atoms with Crippen molar-refractivity contribution in [3.63, 3.8) is 0 Å². The Morgan fingerprint density at radius 1 is 1.50 bits per heavy atom. The molecule has 0 aromatic rings. The van der Waals surface area contributed by atoms with E-state index in [4.69, 9.17) is 10.5 Å². The molecule has 1 amide bonds. The Morgan fingerprint density at radius 3 is 2.44 bits per heavy atom. The molecule has 3 N–H and O–H groups in total. The molecule has 0 aliphatic heterocycles. The Balaban J connectivity index is 2.53. The summed E-state index contributed by atoms with van der Waals surface area (Å²) >= 11 is 0. The fourth-order valence-electron chi connectivity index (χ4n) is 2.27. The summed E-state index contributed by atoms with van der Waals surface area (Å²) in [4.78, 5) is 12.1. The lowest BCUT2D eigenvalue weighted by Gasteiger charge is -2.52. The van der Waals surface area contributed by atoms with Crippen LogP contribution in [-0.4, -0.2) is 30.7 Å². The van der Waals surface area contributed by atoms with Crippen LogP contribution in [-0.2, 0) is 9.53 Å². The lowest BCUT2D eigenvalue weighted by atomic mass is 9.64. The van der Waals surface area contributed by atoms with E-state index in [0.717, 1.165) is 13.0 Å². The number of carbonyl (C=O) groups excluding carboxylic acids is 1. The van der Waals surface area contributed by atoms with Crippen LogP contribution in [0.5, 0.6) is 0 Å². The molecule has 3 atom stereocenters. The Bertz CT molecular complexity index is 307. The molecule has 106 valence electrons. The fourth-order valence-corrected chi connectivity index (χ4v) is 2.27. The zero-order valence-corrected chi connectivity index (χ0v) is 12.5. The number of amides is 1. The number of ether oxygens (including phenoxy) is 1. The highest BCUT2D eigenvalue weighted by atomic mass is 16.5. The van der Waals surface area contributed by atoms with Crippen molar-refractivity contribution in [3.8, 4) is 0 Å². The predicted molar refractivity (Wildman–Crippen MR) is 73.2 cm³/mol. The standard InChI is InChI=1S/C14H28N2O2/c1-7-18-10-8-9(14(10,5)6)16-12(17)11(15)13(2,3)4/h9-11H,7-8,15H2,1-6H3,(H,16,17). The third kappa shape index (κ3) is 3.04. The second kappa shape index (κ2) is 5.17. The Labute approximate surface area is 111 Å². The Hall–Kier alpha value is -0.610. The van der Waals surface area contributed by atoms with Gasteiger partial charge in [-0.25, -0.2) is 0 Å². The molecule has 1 fully saturated rings. The third-order valence-electron chi connectivity index (χ3n) is 4.08. The maximum absolute atomic E-state index is 12.1. The number of hydrogen-bond acceptors (Lipinski definition) is 3. The molecular weight excluding hydrogens is 228 g/mol. The van der Waals surface area contributed by atoms with Gasteiger partial charge in [0, 0.05) is 18.1 Å². The molecular formula is C14H28N2O2. The summed E-state index contributed by atoms with van der Waals surface area (Å²) in [5.41, 5.74) is 5.74. The first-order chi connectivity index (χ1) is 8.10. The monoisotopic (exact) mass is 256 g/mol. The summed E-state index contributed by atoms with van der Waals surface area (Å²) in [5.74, 6) is -0.0597. The molecule has 1 aliphatic rings. The lowest BCUT2D eigenvalue weighted by Crippen LogP contribution is -2.64. The average Bonchev–Trinajstić information content (AvgIpc) is 2.25. The van der Waals surface area contributed by atoms with E-state index in [-0.39, 0.29) is 28.9 Å². The van der Waals surface area contributed by atoms with Crippen LogP contribution in [0.15, 0.2) is 0 Å². The Morgan fingerprint density at radius 2 is 2.06 bits per heavy atom. The summed E-state index contributed by atoms with van der Waals surface area (Å²) < 4.78 is 5.65. The van der Waals surface area contributed by atoms with Gasteiger partial charge in [0.15, 0.2) is 0 Å². The molecule has 1 aliphatic carbocycles. The van der Waals surface area contributed by atoms with E-state index in [1.807, 2.05) is 27.7 Å². The number of nitrogens with one attached hydrogen (secondary N) is 1. The van der Waals surface area contributed by atoms with Gasteiger partial charge in [-0.3, -0.25) is 4.79 Å². The van der Waals surface area contributed by atoms with Crippen molar-refractivity contribution in [1.82, 2.24) is 5.32 Å². The molecule has 0 heterocycles. The second-order valence-corrected chi connectivity index (χ2v) is 6.91. The van der Waals surface area contributed by atoms with E-state index in [0.29, 0.717) is 0 Å². The first-order valence-corrected chi connectivity index (χ1v) is 6.78. The highest BCUT2D eigenvalue weighted by Crippen LogP contribution is 2.42. The molecule has 0 radical (unpaired) electrons. The normalized spacial score (nSPS) is 28.4. The van der Waals surface area contributed by atoms with Gasteiger partial charge in [0.25, 0.3) is 0 Å². The molecule has 4 heteroatoms. The van der Waals surface area contributed by atoms with E-state index >= 15 is 0 Å². The molecule has 18 heavy (non-hydrogen) atoms. The maximum atomic E-state index is 12.1. The molecule has 4 nitrogen and oxygen atoms in total. The molecule has 0 aromatic heterocycles. The minimum Gasteiger partial charge on any atom is -0.378 e. The fraction of sp³-hybridized carbons (Fsp3) is 0.929. The highest BCUT2D eigenvalue weighted by molar-refractivity contribution is 5.82. The summed E-state index contributed by atoms with van der Waals surface area (Å²) in [6.45, 7) is 12.9. The van der Waals surface area contributed by atoms with Crippen LogP contribution in [0.25, 0.3) is 0 Å². The van der Waals surface area contributed by atoms with Crippen LogP contribution < -0.4 is 11.1 Å². The zero-order chi connectivity index (χ0) is 14.1. The highest BCUT2D eigenvalue weighted by Gasteiger charge is 2.50. The van der Waals surface area contributed by atoms with Crippen molar-refractivity contribution in [2.45, 2.75) is 66.2 Å². The van der Waals surface area contributed by atoms with Crippen LogP contribution in [0.3, 0.4) is 0 Å². The molecule has 0 bridgehead atoms. The van der Waals surface area contributed by atoms with Crippen molar-refractivity contribution in [3.05, 3.63) is 0 Å². The maximum Gasteiger partial charge on any atom is 0.237 e. The van der Waals surface area contributed by atoms with Gasteiger partial charge in [-0.2, -0.15) is 0 Å². The van der Waals surface area contributed by atoms with Crippen LogP contribution in [0, 0.1) is 10.8 Å². The summed E-state index contributed by atoms with van der Waals surface area (Å²) in [7, 11) is 0. The van der Waals surface area contributed by atoms with Crippen LogP contribution in [0.2, 0.25) is 0 Å². The van der Waals surface area contributed by atoms with Gasteiger partial charge < -0.3 is 15.8 Å². The molecule has 0 aromatic carbocycles. The minimum absolute atomic E-state index is 0.0106. The predicted octanol–water partition coefficient (Wildman–Crippen LogP) is 1.68. The van der Waals surface area contributed by atoms with Gasteiger partial charge in [0.05, 0.1) is 12.1 Å². The van der Waals surface area contributed by atoms with E-state index in [1.54, 1.807) is 0 Å². The number of nitrogens with two attached hydrogens (primary N) is 1. The van der Waals surface area contributed by atoms with Crippen molar-refractivity contribution in [2.75, 3.05) is 6.61 Å². The van der Waals surface area contributed by atoms with Crippen LogP contribution >= 0.6 is 0 Å². The largest absolute Gasteiger partial charge is 0.378 e. The average molecular weight is 256 g/mol. The smallest absolute Gasteiger partial charge is 0.237 e. The second-order valence-electron chi connectivity index (χ2n) is 6.91. The number of hydrogen-bond donors (Lipinski definition) is 2. The van der Waals surface area contributed by atoms with Crippen molar-refractivity contribution < 1.29 is 9.53 Å². The Kier molecular flexibility index (Phi) is 4.44. The van der Waals surface area contributed by atoms with Gasteiger partial charge >= 0.3 is 0 Å². The SMILES string of the molecule is CCOC1CC(NC(=O)C(N)C(C)(C)C)C1(C)C. The van der Waals surface area contributed by atoms with Gasteiger partial charge in [-0.05, 0) is 18.8 Å². The molecule has 0 saturated heterocycles. The van der Waals surface area contributed by atoms with Crippen molar-refractivity contribution in [1.29, 1.82) is 0 Å². The molecule has 3 unspecified atom stereocenters. The quantitative estimate of drug-likeness (QED) is 0.804. The summed E-state index contributed by atoms with van der Waals surface area (Å²) in [6, 6.07) is -0.311. The number of carbonyl (C=O) groups is 1. The zero-order valence-electron chi connectivity index (χ0n) is 12.5. The lowest BCUT2D eigenvalue weighted by molar-refractivity contribution is -0.139. The van der Waals surface area contributed by atoms with Crippen molar-refractivity contribution >= 4 is 5.91 Å². The van der Waals surface area contributed by atoms with E-state index < -0.39 is 6.04 Å². The van der Waals surface area contributed by atoms with Crippen molar-refractivity contribution in [2.24, 2.45) is 16.6 Å². The van der Waals surface area contributed by atoms with E-state index in [1.165, 1.54) is 0 Å².